The van der Waals surface area contributed by atoms with Crippen LogP contribution < -0.4 is 5.73 Å². The molecule has 0 fully saturated rings. The van der Waals surface area contributed by atoms with Crippen LogP contribution in [0.1, 0.15) is 12.5 Å². The number of hydrogen-bond acceptors (Lipinski definition) is 3. The predicted molar refractivity (Wildman–Crippen MR) is 56.4 cm³/mol. The van der Waals surface area contributed by atoms with Crippen molar-refractivity contribution in [3.05, 3.63) is 35.4 Å². The Morgan fingerprint density at radius 3 is 2.81 bits per heavy atom. The topological polar surface area (TPSA) is 52.3 Å². The molecule has 1 aromatic rings. The minimum absolute atomic E-state index is 0.0550. The van der Waals surface area contributed by atoms with Crippen molar-refractivity contribution in [2.45, 2.75) is 6.92 Å². The predicted octanol–water partition coefficient (Wildman–Crippen LogP) is 2.12. The highest BCUT2D eigenvalue weighted by atomic mass is 19.2. The van der Waals surface area contributed by atoms with Gasteiger partial charge in [0, 0.05) is 17.3 Å². The zero-order chi connectivity index (χ0) is 12.1. The minimum atomic E-state index is -1.08. The third-order valence-electron chi connectivity index (χ3n) is 1.84. The number of carbonyl (C=O) groups excluding carboxylic acids is 1. The van der Waals surface area contributed by atoms with Gasteiger partial charge in [-0.15, -0.1) is 0 Å². The maximum atomic E-state index is 13.2. The lowest BCUT2D eigenvalue weighted by Crippen LogP contribution is -2.00. The van der Waals surface area contributed by atoms with Crippen LogP contribution in [-0.2, 0) is 9.53 Å². The first kappa shape index (κ1) is 12.2. The highest BCUT2D eigenvalue weighted by molar-refractivity contribution is 5.88. The van der Waals surface area contributed by atoms with Crippen LogP contribution in [0.25, 0.3) is 6.08 Å². The van der Waals surface area contributed by atoms with Gasteiger partial charge >= 0.3 is 5.97 Å². The Morgan fingerprint density at radius 1 is 1.50 bits per heavy atom. The highest BCUT2D eigenvalue weighted by Gasteiger charge is 2.09. The van der Waals surface area contributed by atoms with Crippen LogP contribution in [0.15, 0.2) is 18.2 Å². The van der Waals surface area contributed by atoms with E-state index in [1.807, 2.05) is 0 Å². The smallest absolute Gasteiger partial charge is 0.330 e. The van der Waals surface area contributed by atoms with Crippen LogP contribution >= 0.6 is 0 Å². The zero-order valence-electron chi connectivity index (χ0n) is 8.67. The number of anilines is 1. The number of halogens is 2. The Kier molecular flexibility index (Phi) is 3.99. The van der Waals surface area contributed by atoms with Crippen molar-refractivity contribution in [1.29, 1.82) is 0 Å². The van der Waals surface area contributed by atoms with Gasteiger partial charge in [0.25, 0.3) is 0 Å². The molecule has 0 saturated carbocycles. The summed E-state index contributed by atoms with van der Waals surface area (Å²) in [6.45, 7) is 1.85. The van der Waals surface area contributed by atoms with Crippen molar-refractivity contribution in [2.75, 3.05) is 12.3 Å². The molecule has 0 unspecified atom stereocenters. The van der Waals surface area contributed by atoms with Crippen LogP contribution in [-0.4, -0.2) is 12.6 Å². The minimum Gasteiger partial charge on any atom is -0.463 e. The van der Waals surface area contributed by atoms with E-state index < -0.39 is 17.6 Å². The Hall–Kier alpha value is -1.91. The van der Waals surface area contributed by atoms with Crippen LogP contribution in [0.4, 0.5) is 14.5 Å². The molecule has 0 radical (unpaired) electrons. The molecule has 5 heteroatoms. The first-order valence-corrected chi connectivity index (χ1v) is 4.64. The summed E-state index contributed by atoms with van der Waals surface area (Å²) in [7, 11) is 0. The molecule has 2 N–H and O–H groups in total. The molecule has 0 aliphatic rings. The van der Waals surface area contributed by atoms with Crippen molar-refractivity contribution in [1.82, 2.24) is 0 Å². The third kappa shape index (κ3) is 2.79. The summed E-state index contributed by atoms with van der Waals surface area (Å²) < 4.78 is 30.7. The van der Waals surface area contributed by atoms with E-state index in [2.05, 4.69) is 4.74 Å². The van der Waals surface area contributed by atoms with E-state index in [1.165, 1.54) is 6.07 Å². The van der Waals surface area contributed by atoms with Gasteiger partial charge in [-0.1, -0.05) is 0 Å². The average molecular weight is 227 g/mol. The van der Waals surface area contributed by atoms with Gasteiger partial charge in [0.1, 0.15) is 0 Å². The standard InChI is InChI=1S/C11H11F2NO2/c1-2-16-10(15)6-3-7-9(14)5-4-8(12)11(7)13/h3-6H,2,14H2,1H3. The number of benzene rings is 1. The lowest BCUT2D eigenvalue weighted by Gasteiger charge is -2.02. The van der Waals surface area contributed by atoms with E-state index in [-0.39, 0.29) is 17.9 Å². The first-order chi connectivity index (χ1) is 7.56. The summed E-state index contributed by atoms with van der Waals surface area (Å²) in [4.78, 5) is 11.0. The summed E-state index contributed by atoms with van der Waals surface area (Å²) in [6, 6.07) is 2.15. The molecule has 86 valence electrons. The summed E-state index contributed by atoms with van der Waals surface area (Å²) in [6.07, 6.45) is 2.09. The number of ether oxygens (including phenoxy) is 1. The van der Waals surface area contributed by atoms with Crippen LogP contribution in [0.2, 0.25) is 0 Å². The molecule has 1 aromatic carbocycles. The van der Waals surface area contributed by atoms with E-state index in [0.29, 0.717) is 0 Å². The summed E-state index contributed by atoms with van der Waals surface area (Å²) in [5.41, 5.74) is 5.34. The molecule has 1 rings (SSSR count). The molecule has 0 saturated heterocycles. The molecule has 0 bridgehead atoms. The van der Waals surface area contributed by atoms with E-state index in [1.54, 1.807) is 6.92 Å². The largest absolute Gasteiger partial charge is 0.463 e. The van der Waals surface area contributed by atoms with Gasteiger partial charge in [0.05, 0.1) is 6.61 Å². The Balaban J connectivity index is 2.97. The van der Waals surface area contributed by atoms with E-state index in [9.17, 15) is 13.6 Å². The fourth-order valence-corrected chi connectivity index (χ4v) is 1.09. The Bertz CT molecular complexity index is 430. The van der Waals surface area contributed by atoms with E-state index in [0.717, 1.165) is 18.2 Å². The van der Waals surface area contributed by atoms with Crippen molar-refractivity contribution in [2.24, 2.45) is 0 Å². The van der Waals surface area contributed by atoms with E-state index >= 15 is 0 Å². The normalized spacial score (nSPS) is 10.7. The van der Waals surface area contributed by atoms with E-state index in [4.69, 9.17) is 5.73 Å². The molecule has 0 spiro atoms. The molecular weight excluding hydrogens is 216 g/mol. The SMILES string of the molecule is CCOC(=O)C=Cc1c(N)ccc(F)c1F. The molecule has 16 heavy (non-hydrogen) atoms. The molecule has 3 nitrogen and oxygen atoms in total. The lowest BCUT2D eigenvalue weighted by atomic mass is 10.1. The van der Waals surface area contributed by atoms with Gasteiger partial charge in [-0.05, 0) is 25.1 Å². The second-order valence-corrected chi connectivity index (χ2v) is 2.95. The molecule has 0 aliphatic heterocycles. The number of nitrogens with two attached hydrogens (primary N) is 1. The highest BCUT2D eigenvalue weighted by Crippen LogP contribution is 2.20. The van der Waals surface area contributed by atoms with Crippen molar-refractivity contribution < 1.29 is 18.3 Å². The fourth-order valence-electron chi connectivity index (χ4n) is 1.09. The molecular formula is C11H11F2NO2. The maximum absolute atomic E-state index is 13.2. The Morgan fingerprint density at radius 2 is 2.19 bits per heavy atom. The summed E-state index contributed by atoms with van der Waals surface area (Å²) in [5, 5.41) is 0. The monoisotopic (exact) mass is 227 g/mol. The van der Waals surface area contributed by atoms with Gasteiger partial charge in [0.2, 0.25) is 0 Å². The molecule has 0 atom stereocenters. The molecule has 0 amide bonds. The number of carbonyl (C=O) groups is 1. The van der Waals surface area contributed by atoms with Gasteiger partial charge in [-0.2, -0.15) is 0 Å². The number of hydrogen-bond donors (Lipinski definition) is 1. The summed E-state index contributed by atoms with van der Waals surface area (Å²) in [5.74, 6) is -2.73. The maximum Gasteiger partial charge on any atom is 0.330 e. The van der Waals surface area contributed by atoms with Crippen molar-refractivity contribution in [3.8, 4) is 0 Å². The number of rotatable bonds is 3. The zero-order valence-corrected chi connectivity index (χ0v) is 8.67. The second kappa shape index (κ2) is 5.25. The molecule has 0 aliphatic carbocycles. The van der Waals surface area contributed by atoms with Crippen LogP contribution in [0, 0.1) is 11.6 Å². The average Bonchev–Trinajstić information content (AvgIpc) is 2.24. The summed E-state index contributed by atoms with van der Waals surface area (Å²) >= 11 is 0. The van der Waals surface area contributed by atoms with Gasteiger partial charge < -0.3 is 10.5 Å². The van der Waals surface area contributed by atoms with Crippen molar-refractivity contribution >= 4 is 17.7 Å². The quantitative estimate of drug-likeness (QED) is 0.489. The van der Waals surface area contributed by atoms with Crippen LogP contribution in [0.5, 0.6) is 0 Å². The van der Waals surface area contributed by atoms with Crippen molar-refractivity contribution in [3.63, 3.8) is 0 Å². The van der Waals surface area contributed by atoms with Gasteiger partial charge in [-0.25, -0.2) is 13.6 Å². The van der Waals surface area contributed by atoms with Gasteiger partial charge in [-0.3, -0.25) is 0 Å². The molecule has 0 aromatic heterocycles. The lowest BCUT2D eigenvalue weighted by molar-refractivity contribution is -0.137. The number of esters is 1. The molecule has 0 heterocycles. The van der Waals surface area contributed by atoms with Crippen LogP contribution in [0.3, 0.4) is 0 Å². The Labute approximate surface area is 91.5 Å². The fraction of sp³-hybridized carbons (Fsp3) is 0.182. The van der Waals surface area contributed by atoms with Gasteiger partial charge in [0.15, 0.2) is 11.6 Å². The third-order valence-corrected chi connectivity index (χ3v) is 1.84. The first-order valence-electron chi connectivity index (χ1n) is 4.64. The second-order valence-electron chi connectivity index (χ2n) is 2.95. The number of nitrogen functional groups attached to an aromatic ring is 1.